The lowest BCUT2D eigenvalue weighted by molar-refractivity contribution is -0.143. The van der Waals surface area contributed by atoms with E-state index in [4.69, 9.17) is 4.74 Å². The monoisotopic (exact) mass is 357 g/mol. The molecule has 1 amide bonds. The first-order chi connectivity index (χ1) is 12.0. The van der Waals surface area contributed by atoms with Crippen LogP contribution in [0.5, 0.6) is 0 Å². The molecule has 0 spiro atoms. The van der Waals surface area contributed by atoms with Gasteiger partial charge < -0.3 is 10.1 Å². The summed E-state index contributed by atoms with van der Waals surface area (Å²) in [5.41, 5.74) is 1.48. The van der Waals surface area contributed by atoms with Gasteiger partial charge in [-0.2, -0.15) is 0 Å². The van der Waals surface area contributed by atoms with Crippen molar-refractivity contribution in [2.24, 2.45) is 0 Å². The average molecular weight is 357 g/mol. The Morgan fingerprint density at radius 1 is 1.32 bits per heavy atom. The van der Waals surface area contributed by atoms with Crippen molar-refractivity contribution < 1.29 is 14.3 Å². The van der Waals surface area contributed by atoms with Crippen molar-refractivity contribution >= 4 is 28.9 Å². The second-order valence-electron chi connectivity index (χ2n) is 5.29. The number of ether oxygens (including phenoxy) is 1. The zero-order valence-corrected chi connectivity index (χ0v) is 14.2. The molecule has 0 aliphatic rings. The minimum absolute atomic E-state index is 0.131. The number of carbonyl (C=O) groups is 2. The van der Waals surface area contributed by atoms with E-state index in [0.717, 1.165) is 5.56 Å². The smallest absolute Gasteiger partial charge is 0.325 e. The average Bonchev–Trinajstić information content (AvgIpc) is 3.13. The third-order valence-corrected chi connectivity index (χ3v) is 4.33. The van der Waals surface area contributed by atoms with E-state index in [0.29, 0.717) is 16.2 Å². The van der Waals surface area contributed by atoms with E-state index in [1.165, 1.54) is 21.8 Å². The van der Waals surface area contributed by atoms with Gasteiger partial charge in [-0.3, -0.25) is 18.8 Å². The number of fused-ring (bicyclic) bond motifs is 1. The fourth-order valence-electron chi connectivity index (χ4n) is 2.24. The van der Waals surface area contributed by atoms with Crippen molar-refractivity contribution in [1.29, 1.82) is 0 Å². The quantitative estimate of drug-likeness (QED) is 0.700. The van der Waals surface area contributed by atoms with E-state index in [9.17, 15) is 14.4 Å². The number of hydrogen-bond acceptors (Lipinski definition) is 6. The fraction of sp³-hybridized carbons (Fsp3) is 0.176. The highest BCUT2D eigenvalue weighted by molar-refractivity contribution is 7.12. The van der Waals surface area contributed by atoms with Crippen LogP contribution < -0.4 is 10.9 Å². The number of aromatic nitrogens is 2. The van der Waals surface area contributed by atoms with Crippen LogP contribution in [0.15, 0.2) is 46.7 Å². The van der Waals surface area contributed by atoms with Crippen LogP contribution in [-0.4, -0.2) is 27.8 Å². The normalized spacial score (nSPS) is 10.6. The Kier molecular flexibility index (Phi) is 4.90. The highest BCUT2D eigenvalue weighted by Gasteiger charge is 2.11. The first-order valence-corrected chi connectivity index (χ1v) is 8.38. The predicted octanol–water partition coefficient (Wildman–Crippen LogP) is 1.54. The summed E-state index contributed by atoms with van der Waals surface area (Å²) in [7, 11) is 0. The molecule has 0 aromatic carbocycles. The molecule has 0 aliphatic carbocycles. The van der Waals surface area contributed by atoms with Gasteiger partial charge in [0.1, 0.15) is 18.8 Å². The van der Waals surface area contributed by atoms with Crippen LogP contribution in [0.1, 0.15) is 20.9 Å². The number of esters is 1. The maximum Gasteiger partial charge on any atom is 0.325 e. The number of amides is 1. The van der Waals surface area contributed by atoms with Crippen LogP contribution in [0.4, 0.5) is 0 Å². The van der Waals surface area contributed by atoms with Crippen molar-refractivity contribution in [3.8, 4) is 0 Å². The van der Waals surface area contributed by atoms with E-state index in [1.54, 1.807) is 29.8 Å². The number of nitrogens with zero attached hydrogens (tertiary/aromatic N) is 2. The molecule has 1 N–H and O–H groups in total. The minimum atomic E-state index is -0.600. The van der Waals surface area contributed by atoms with Gasteiger partial charge in [0, 0.05) is 12.3 Å². The summed E-state index contributed by atoms with van der Waals surface area (Å²) in [6.07, 6.45) is 1.63. The number of hydrogen-bond donors (Lipinski definition) is 1. The van der Waals surface area contributed by atoms with E-state index in [-0.39, 0.29) is 24.6 Å². The second kappa shape index (κ2) is 7.27. The molecule has 3 heterocycles. The lowest BCUT2D eigenvalue weighted by atomic mass is 10.3. The number of thiophene rings is 1. The van der Waals surface area contributed by atoms with Crippen LogP contribution >= 0.6 is 11.3 Å². The zero-order valence-electron chi connectivity index (χ0n) is 13.4. The number of pyridine rings is 1. The first-order valence-electron chi connectivity index (χ1n) is 7.50. The van der Waals surface area contributed by atoms with Crippen LogP contribution in [0.3, 0.4) is 0 Å². The summed E-state index contributed by atoms with van der Waals surface area (Å²) in [5, 5.41) is 4.26. The SMILES string of the molecule is Cc1cccn2c(=O)cc(COC(=O)CNC(=O)c3cccs3)nc12. The van der Waals surface area contributed by atoms with Gasteiger partial charge in [0.25, 0.3) is 11.5 Å². The van der Waals surface area contributed by atoms with Crippen molar-refractivity contribution in [3.63, 3.8) is 0 Å². The van der Waals surface area contributed by atoms with Crippen LogP contribution in [0, 0.1) is 6.92 Å². The van der Waals surface area contributed by atoms with Gasteiger partial charge in [-0.25, -0.2) is 4.98 Å². The lowest BCUT2D eigenvalue weighted by Gasteiger charge is -2.08. The Hall–Kier alpha value is -3.00. The molecule has 3 aromatic rings. The third kappa shape index (κ3) is 3.92. The number of rotatable bonds is 5. The Labute approximate surface area is 146 Å². The molecule has 128 valence electrons. The maximum absolute atomic E-state index is 12.1. The van der Waals surface area contributed by atoms with E-state index in [2.05, 4.69) is 10.3 Å². The highest BCUT2D eigenvalue weighted by Crippen LogP contribution is 2.08. The molecule has 0 saturated heterocycles. The predicted molar refractivity (Wildman–Crippen MR) is 92.6 cm³/mol. The van der Waals surface area contributed by atoms with Crippen molar-refractivity contribution in [2.75, 3.05) is 6.54 Å². The molecule has 0 bridgehead atoms. The van der Waals surface area contributed by atoms with Gasteiger partial charge in [0.05, 0.1) is 10.6 Å². The van der Waals surface area contributed by atoms with Gasteiger partial charge >= 0.3 is 5.97 Å². The fourth-order valence-corrected chi connectivity index (χ4v) is 2.88. The van der Waals surface area contributed by atoms with Gasteiger partial charge in [-0.1, -0.05) is 12.1 Å². The molecule has 8 heteroatoms. The van der Waals surface area contributed by atoms with Crippen molar-refractivity contribution in [3.05, 3.63) is 68.4 Å². The molecule has 0 unspecified atom stereocenters. The molecular weight excluding hydrogens is 342 g/mol. The van der Waals surface area contributed by atoms with Crippen LogP contribution in [0.2, 0.25) is 0 Å². The van der Waals surface area contributed by atoms with Crippen molar-refractivity contribution in [2.45, 2.75) is 13.5 Å². The molecular formula is C17H15N3O4S. The Morgan fingerprint density at radius 3 is 2.92 bits per heavy atom. The molecule has 25 heavy (non-hydrogen) atoms. The van der Waals surface area contributed by atoms with Gasteiger partial charge in [0.2, 0.25) is 0 Å². The van der Waals surface area contributed by atoms with Gasteiger partial charge in [-0.05, 0) is 30.0 Å². The summed E-state index contributed by atoms with van der Waals surface area (Å²) in [5.74, 6) is -0.929. The second-order valence-corrected chi connectivity index (χ2v) is 6.24. The van der Waals surface area contributed by atoms with Gasteiger partial charge in [0.15, 0.2) is 0 Å². The summed E-state index contributed by atoms with van der Waals surface area (Å²) in [6.45, 7) is 1.47. The number of carbonyl (C=O) groups excluding carboxylic acids is 2. The molecule has 3 rings (SSSR count). The Balaban J connectivity index is 1.60. The number of nitrogens with one attached hydrogen (secondary N) is 1. The summed E-state index contributed by atoms with van der Waals surface area (Å²) >= 11 is 1.29. The van der Waals surface area contributed by atoms with Crippen LogP contribution in [-0.2, 0) is 16.1 Å². The van der Waals surface area contributed by atoms with Crippen LogP contribution in [0.25, 0.3) is 5.65 Å². The minimum Gasteiger partial charge on any atom is -0.458 e. The molecule has 0 radical (unpaired) electrons. The standard InChI is InChI=1S/C17H15N3O4S/c1-11-4-2-6-20-14(21)8-12(19-16(11)20)10-24-15(22)9-18-17(23)13-5-3-7-25-13/h2-8H,9-10H2,1H3,(H,18,23). The summed E-state index contributed by atoms with van der Waals surface area (Å²) in [6, 6.07) is 8.35. The van der Waals surface area contributed by atoms with E-state index in [1.807, 2.05) is 13.0 Å². The zero-order chi connectivity index (χ0) is 17.8. The topological polar surface area (TPSA) is 89.8 Å². The van der Waals surface area contributed by atoms with E-state index >= 15 is 0 Å². The lowest BCUT2D eigenvalue weighted by Crippen LogP contribution is -2.30. The number of aryl methyl sites for hydroxylation is 1. The molecule has 3 aromatic heterocycles. The molecule has 0 saturated carbocycles. The summed E-state index contributed by atoms with van der Waals surface area (Å²) < 4.78 is 6.51. The Bertz CT molecular complexity index is 979. The Morgan fingerprint density at radius 2 is 2.16 bits per heavy atom. The maximum atomic E-state index is 12.1. The largest absolute Gasteiger partial charge is 0.458 e. The van der Waals surface area contributed by atoms with E-state index < -0.39 is 5.97 Å². The molecule has 0 aliphatic heterocycles. The summed E-state index contributed by atoms with van der Waals surface area (Å²) in [4.78, 5) is 40.4. The van der Waals surface area contributed by atoms with Gasteiger partial charge in [-0.15, -0.1) is 11.3 Å². The highest BCUT2D eigenvalue weighted by atomic mass is 32.1. The third-order valence-electron chi connectivity index (χ3n) is 3.46. The first kappa shape index (κ1) is 16.8. The molecule has 0 fully saturated rings. The molecule has 0 atom stereocenters. The molecule has 7 nitrogen and oxygen atoms in total. The van der Waals surface area contributed by atoms with Crippen molar-refractivity contribution in [1.82, 2.24) is 14.7 Å².